The van der Waals surface area contributed by atoms with E-state index in [0.717, 1.165) is 0 Å². The van der Waals surface area contributed by atoms with Crippen LogP contribution in [0.1, 0.15) is 0 Å². The monoisotopic (exact) mass is 722 g/mol. The zero-order valence-corrected chi connectivity index (χ0v) is 21.5. The molecule has 0 bridgehead atoms. The van der Waals surface area contributed by atoms with Crippen molar-refractivity contribution in [1.82, 2.24) is 0 Å². The van der Waals surface area contributed by atoms with Gasteiger partial charge in [0.05, 0.1) is 0 Å². The highest BCUT2D eigenvalue weighted by atomic mass is 19.2. The smallest absolute Gasteiger partial charge is 0.306 e. The highest BCUT2D eigenvalue weighted by Gasteiger charge is 2.47. The molecule has 0 amide bonds. The van der Waals surface area contributed by atoms with E-state index < -0.39 is 152 Å². The largest absolute Gasteiger partial charge is 0.415 e. The Balaban J connectivity index is 2.12. The highest BCUT2D eigenvalue weighted by molar-refractivity contribution is 6.82. The Labute approximate surface area is 250 Å². The fourth-order valence-electron chi connectivity index (χ4n) is 4.00. The van der Waals surface area contributed by atoms with Gasteiger partial charge in [-0.05, 0) is 0 Å². The minimum absolute atomic E-state index is 2.83. The van der Waals surface area contributed by atoms with Crippen molar-refractivity contribution in [3.8, 4) is 0 Å². The molecule has 0 aliphatic heterocycles. The molecule has 254 valence electrons. The summed E-state index contributed by atoms with van der Waals surface area (Å²) in [6.45, 7) is -8.41. The Morgan fingerprint density at radius 1 is 0.188 bits per heavy atom. The molecule has 0 aliphatic carbocycles. The topological polar surface area (TPSA) is 18.5 Å². The van der Waals surface area contributed by atoms with E-state index in [-0.39, 0.29) is 0 Å². The second-order valence-electron chi connectivity index (χ2n) is 8.89. The van der Waals surface area contributed by atoms with Crippen molar-refractivity contribution >= 4 is 35.7 Å². The van der Waals surface area contributed by atoms with Crippen molar-refractivity contribution in [3.05, 3.63) is 116 Å². The van der Waals surface area contributed by atoms with Gasteiger partial charge in [0.25, 0.3) is 0 Å². The van der Waals surface area contributed by atoms with E-state index in [2.05, 4.69) is 9.61 Å². The van der Waals surface area contributed by atoms with Crippen molar-refractivity contribution in [2.75, 3.05) is 0 Å². The maximum absolute atomic E-state index is 14.7. The van der Waals surface area contributed by atoms with Crippen LogP contribution in [0.25, 0.3) is 0 Å². The molecule has 0 heterocycles. The molecule has 4 aromatic carbocycles. The predicted molar refractivity (Wildman–Crippen MR) is 117 cm³/mol. The average Bonchev–Trinajstić information content (AvgIpc) is 3.06. The fraction of sp³-hybridized carbons (Fsp3) is 0. The number of halogens is 20. The summed E-state index contributed by atoms with van der Waals surface area (Å²) >= 11 is 0. The minimum Gasteiger partial charge on any atom is -0.306 e. The Bertz CT molecular complexity index is 1620. The lowest BCUT2D eigenvalue weighted by Gasteiger charge is -2.23. The van der Waals surface area contributed by atoms with Gasteiger partial charge in [0.15, 0.2) is 116 Å². The summed E-state index contributed by atoms with van der Waals surface area (Å²) in [6, 6.07) is 0. The summed E-state index contributed by atoms with van der Waals surface area (Å²) in [7, 11) is 0. The SMILES string of the molecule is Fc1c(F)c(F)c(B(OOB(c2c(F)c(F)c(F)c(F)c2F)c2c(F)c(F)c(F)c(F)c2F)c2c(F)c(F)c(F)c(F)c2F)c(F)c1F. The Morgan fingerprint density at radius 3 is 0.417 bits per heavy atom. The first kappa shape index (κ1) is 36.4. The van der Waals surface area contributed by atoms with Crippen LogP contribution >= 0.6 is 0 Å². The summed E-state index contributed by atoms with van der Waals surface area (Å²) < 4.78 is 285. The first-order valence-corrected chi connectivity index (χ1v) is 11.6. The standard InChI is InChI=1S/C24B2F20O2/c27-5-1(6(28)14(36)21(43)13(5)35)25(2-7(29)15(37)22(44)16(38)8(2)30)47-48-26(3-9(31)17(39)23(45)18(40)10(3)32)4-11(33)19(41)24(46)20(42)12(4)34. The molecule has 0 saturated carbocycles. The van der Waals surface area contributed by atoms with Gasteiger partial charge < -0.3 is 9.61 Å². The molecular weight excluding hydrogens is 722 g/mol. The van der Waals surface area contributed by atoms with Gasteiger partial charge in [0.2, 0.25) is 0 Å². The molecule has 0 N–H and O–H groups in total. The van der Waals surface area contributed by atoms with Gasteiger partial charge in [-0.3, -0.25) is 0 Å². The third-order valence-electron chi connectivity index (χ3n) is 6.27. The van der Waals surface area contributed by atoms with Gasteiger partial charge >= 0.3 is 13.8 Å². The van der Waals surface area contributed by atoms with Crippen LogP contribution in [0.3, 0.4) is 0 Å². The van der Waals surface area contributed by atoms with Gasteiger partial charge in [0, 0.05) is 21.9 Å². The summed E-state index contributed by atoms with van der Waals surface area (Å²) in [5, 5.41) is 0. The molecule has 0 aliphatic rings. The van der Waals surface area contributed by atoms with Crippen LogP contribution in [-0.2, 0) is 9.61 Å². The van der Waals surface area contributed by atoms with Crippen molar-refractivity contribution in [3.63, 3.8) is 0 Å². The first-order chi connectivity index (χ1) is 22.2. The Morgan fingerprint density at radius 2 is 0.292 bits per heavy atom. The molecule has 0 saturated heterocycles. The van der Waals surface area contributed by atoms with Crippen LogP contribution in [0, 0.1) is 116 Å². The maximum Gasteiger partial charge on any atom is 0.415 e. The molecular formula is C24B2F20O2. The van der Waals surface area contributed by atoms with Crippen molar-refractivity contribution in [2.45, 2.75) is 0 Å². The van der Waals surface area contributed by atoms with Gasteiger partial charge in [-0.25, -0.2) is 87.8 Å². The van der Waals surface area contributed by atoms with Crippen LogP contribution in [0.5, 0.6) is 0 Å². The number of benzene rings is 4. The number of hydrogen-bond acceptors (Lipinski definition) is 2. The minimum atomic E-state index is -4.20. The lowest BCUT2D eigenvalue weighted by atomic mass is 9.53. The van der Waals surface area contributed by atoms with E-state index in [0.29, 0.717) is 0 Å². The summed E-state index contributed by atoms with van der Waals surface area (Å²) in [5.74, 6) is -63.0. The molecule has 48 heavy (non-hydrogen) atoms. The molecule has 0 radical (unpaired) electrons. The van der Waals surface area contributed by atoms with Crippen molar-refractivity contribution < 1.29 is 97.4 Å². The second kappa shape index (κ2) is 12.9. The summed E-state index contributed by atoms with van der Waals surface area (Å²) in [5.41, 5.74) is -11.3. The van der Waals surface area contributed by atoms with Crippen LogP contribution in [0.15, 0.2) is 0 Å². The first-order valence-electron chi connectivity index (χ1n) is 11.6. The zero-order chi connectivity index (χ0) is 36.4. The van der Waals surface area contributed by atoms with E-state index in [9.17, 15) is 87.8 Å². The lowest BCUT2D eigenvalue weighted by Crippen LogP contribution is -2.57. The quantitative estimate of drug-likeness (QED) is 0.0643. The fourth-order valence-corrected chi connectivity index (χ4v) is 4.00. The molecule has 0 aromatic heterocycles. The Kier molecular flexibility index (Phi) is 9.74. The normalized spacial score (nSPS) is 11.5. The molecule has 0 atom stereocenters. The molecule has 0 spiro atoms. The van der Waals surface area contributed by atoms with Gasteiger partial charge in [-0.15, -0.1) is 0 Å². The number of hydrogen-bond donors (Lipinski definition) is 0. The molecule has 24 heteroatoms. The van der Waals surface area contributed by atoms with Gasteiger partial charge in [-0.1, -0.05) is 0 Å². The second-order valence-corrected chi connectivity index (χ2v) is 8.89. The van der Waals surface area contributed by atoms with Crippen LogP contribution < -0.4 is 21.9 Å². The van der Waals surface area contributed by atoms with Crippen LogP contribution in [0.4, 0.5) is 87.8 Å². The van der Waals surface area contributed by atoms with Crippen molar-refractivity contribution in [1.29, 1.82) is 0 Å². The van der Waals surface area contributed by atoms with Gasteiger partial charge in [0.1, 0.15) is 0 Å². The summed E-state index contributed by atoms with van der Waals surface area (Å²) in [6.07, 6.45) is 0. The molecule has 0 unspecified atom stereocenters. The van der Waals surface area contributed by atoms with E-state index in [1.54, 1.807) is 0 Å². The van der Waals surface area contributed by atoms with Crippen molar-refractivity contribution in [2.24, 2.45) is 0 Å². The number of rotatable bonds is 7. The lowest BCUT2D eigenvalue weighted by molar-refractivity contribution is -0.104. The maximum atomic E-state index is 14.7. The van der Waals surface area contributed by atoms with Crippen LogP contribution in [0.2, 0.25) is 0 Å². The zero-order valence-electron chi connectivity index (χ0n) is 21.5. The molecule has 4 aromatic rings. The molecule has 0 fully saturated rings. The van der Waals surface area contributed by atoms with Gasteiger partial charge in [-0.2, -0.15) is 0 Å². The third-order valence-corrected chi connectivity index (χ3v) is 6.27. The molecule has 2 nitrogen and oxygen atoms in total. The third kappa shape index (κ3) is 5.39. The van der Waals surface area contributed by atoms with Crippen LogP contribution in [-0.4, -0.2) is 13.8 Å². The van der Waals surface area contributed by atoms with E-state index in [1.165, 1.54) is 0 Å². The highest BCUT2D eigenvalue weighted by Crippen LogP contribution is 2.24. The van der Waals surface area contributed by atoms with E-state index in [4.69, 9.17) is 0 Å². The average molecular weight is 722 g/mol. The molecule has 4 rings (SSSR count). The summed E-state index contributed by atoms with van der Waals surface area (Å²) in [4.78, 5) is 7.87. The predicted octanol–water partition coefficient (Wildman–Crippen LogP) is 5.33. The van der Waals surface area contributed by atoms with E-state index in [1.807, 2.05) is 0 Å². The van der Waals surface area contributed by atoms with E-state index >= 15 is 0 Å². The Hall–Kier alpha value is -4.47.